The largest absolute Gasteiger partial charge is 0.304 e. The molecule has 0 saturated heterocycles. The molecule has 0 fully saturated rings. The lowest BCUT2D eigenvalue weighted by molar-refractivity contribution is -0.106. The number of carbonyl (C=O) groups excluding carboxylic acids is 1. The zero-order valence-corrected chi connectivity index (χ0v) is 18.0. The molecular formula is C23H26F2N2OS. The molecular weight excluding hydrogens is 390 g/mol. The van der Waals surface area contributed by atoms with Gasteiger partial charge < -0.3 is 4.79 Å². The van der Waals surface area contributed by atoms with Crippen LogP contribution in [0.5, 0.6) is 0 Å². The lowest BCUT2D eigenvalue weighted by atomic mass is 9.97. The van der Waals surface area contributed by atoms with Crippen LogP contribution >= 0.6 is 11.3 Å². The molecule has 0 spiro atoms. The zero-order chi connectivity index (χ0) is 21.4. The summed E-state index contributed by atoms with van der Waals surface area (Å²) in [6.07, 6.45) is 7.47. The second-order valence-electron chi connectivity index (χ2n) is 6.72. The lowest BCUT2D eigenvalue weighted by Crippen LogP contribution is -2.12. The van der Waals surface area contributed by atoms with Gasteiger partial charge in [0.15, 0.2) is 0 Å². The minimum absolute atomic E-state index is 0.0615. The summed E-state index contributed by atoms with van der Waals surface area (Å²) in [5.74, 6) is -2.85. The second-order valence-corrected chi connectivity index (χ2v) is 8.01. The number of fused-ring (bicyclic) bond motifs is 1. The van der Waals surface area contributed by atoms with E-state index in [0.717, 1.165) is 35.8 Å². The van der Waals surface area contributed by atoms with Crippen LogP contribution in [-0.2, 0) is 30.6 Å². The number of rotatable bonds is 2. The molecule has 0 saturated carbocycles. The van der Waals surface area contributed by atoms with E-state index in [1.54, 1.807) is 11.3 Å². The summed E-state index contributed by atoms with van der Waals surface area (Å²) in [6.45, 7) is 4.31. The van der Waals surface area contributed by atoms with Crippen molar-refractivity contribution in [2.45, 2.75) is 39.5 Å². The summed E-state index contributed by atoms with van der Waals surface area (Å²) >= 11 is 1.55. The molecule has 29 heavy (non-hydrogen) atoms. The lowest BCUT2D eigenvalue weighted by Gasteiger charge is -2.08. The number of allylic oxidation sites excluding steroid dienone is 2. The first kappa shape index (κ1) is 22.7. The molecule has 3 nitrogen and oxygen atoms in total. The SMILES string of the molecule is C1=CCc2ccccc2C1.CC=O.Cc1ccc(-c2cc(C(C)(F)F)n(C)n2)s1. The highest BCUT2D eigenvalue weighted by Gasteiger charge is 2.29. The highest BCUT2D eigenvalue weighted by atomic mass is 32.1. The molecule has 0 bridgehead atoms. The van der Waals surface area contributed by atoms with Crippen molar-refractivity contribution in [3.05, 3.63) is 76.3 Å². The predicted molar refractivity (Wildman–Crippen MR) is 116 cm³/mol. The van der Waals surface area contributed by atoms with Gasteiger partial charge in [-0.3, -0.25) is 4.68 Å². The molecule has 2 aromatic heterocycles. The van der Waals surface area contributed by atoms with Gasteiger partial charge in [0.05, 0.1) is 4.88 Å². The van der Waals surface area contributed by atoms with Gasteiger partial charge in [-0.25, -0.2) is 0 Å². The van der Waals surface area contributed by atoms with Gasteiger partial charge in [0.1, 0.15) is 17.7 Å². The molecule has 6 heteroatoms. The molecule has 1 aromatic carbocycles. The van der Waals surface area contributed by atoms with Gasteiger partial charge in [-0.2, -0.15) is 13.9 Å². The third-order valence-corrected chi connectivity index (χ3v) is 5.31. The summed E-state index contributed by atoms with van der Waals surface area (Å²) in [5, 5.41) is 4.11. The maximum atomic E-state index is 13.2. The normalized spacial score (nSPS) is 12.2. The topological polar surface area (TPSA) is 34.9 Å². The summed E-state index contributed by atoms with van der Waals surface area (Å²) in [5.41, 5.74) is 3.53. The van der Waals surface area contributed by atoms with Crippen LogP contribution in [0.1, 0.15) is 35.5 Å². The van der Waals surface area contributed by atoms with E-state index in [1.807, 2.05) is 19.1 Å². The number of alkyl halides is 2. The fourth-order valence-corrected chi connectivity index (χ4v) is 3.77. The number of carbonyl (C=O) groups is 1. The molecule has 0 radical (unpaired) electrons. The molecule has 3 aromatic rings. The van der Waals surface area contributed by atoms with Crippen molar-refractivity contribution in [3.8, 4) is 10.6 Å². The van der Waals surface area contributed by atoms with Crippen molar-refractivity contribution in [2.75, 3.05) is 0 Å². The van der Waals surface area contributed by atoms with Crippen LogP contribution in [0.4, 0.5) is 8.78 Å². The molecule has 0 N–H and O–H groups in total. The smallest absolute Gasteiger partial charge is 0.286 e. The molecule has 1 aliphatic carbocycles. The van der Waals surface area contributed by atoms with Gasteiger partial charge in [-0.15, -0.1) is 11.3 Å². The van der Waals surface area contributed by atoms with E-state index in [0.29, 0.717) is 5.69 Å². The Morgan fingerprint density at radius 1 is 1.10 bits per heavy atom. The Bertz CT molecular complexity index is 940. The molecule has 0 aliphatic heterocycles. The fourth-order valence-electron chi connectivity index (χ4n) is 2.95. The Balaban J connectivity index is 0.000000196. The Morgan fingerprint density at radius 3 is 2.07 bits per heavy atom. The minimum Gasteiger partial charge on any atom is -0.304 e. The Kier molecular flexibility index (Phi) is 8.02. The van der Waals surface area contributed by atoms with Gasteiger partial charge in [0.2, 0.25) is 0 Å². The van der Waals surface area contributed by atoms with Gasteiger partial charge in [-0.1, -0.05) is 36.4 Å². The third kappa shape index (κ3) is 6.46. The third-order valence-electron chi connectivity index (χ3n) is 4.28. The molecule has 1 aliphatic rings. The van der Waals surface area contributed by atoms with Crippen molar-refractivity contribution in [3.63, 3.8) is 0 Å². The van der Waals surface area contributed by atoms with E-state index < -0.39 is 5.92 Å². The first-order valence-corrected chi connectivity index (χ1v) is 10.2. The Hall–Kier alpha value is -2.60. The molecule has 154 valence electrons. The number of hydrogen-bond acceptors (Lipinski definition) is 3. The molecule has 4 rings (SSSR count). The first-order valence-electron chi connectivity index (χ1n) is 9.37. The molecule has 2 heterocycles. The number of hydrogen-bond donors (Lipinski definition) is 0. The Morgan fingerprint density at radius 2 is 1.66 bits per heavy atom. The number of halogens is 2. The molecule has 0 unspecified atom stereocenters. The quantitative estimate of drug-likeness (QED) is 0.373. The van der Waals surface area contributed by atoms with Crippen molar-refractivity contribution < 1.29 is 13.6 Å². The Labute approximate surface area is 174 Å². The van der Waals surface area contributed by atoms with E-state index in [9.17, 15) is 8.78 Å². The fraction of sp³-hybridized carbons (Fsp3) is 0.304. The van der Waals surface area contributed by atoms with E-state index in [4.69, 9.17) is 4.79 Å². The highest BCUT2D eigenvalue weighted by molar-refractivity contribution is 7.15. The monoisotopic (exact) mass is 416 g/mol. The van der Waals surface area contributed by atoms with Gasteiger partial charge >= 0.3 is 0 Å². The number of aromatic nitrogens is 2. The molecule has 0 amide bonds. The minimum atomic E-state index is -2.85. The molecule has 0 atom stereocenters. The summed E-state index contributed by atoms with van der Waals surface area (Å²) < 4.78 is 27.6. The van der Waals surface area contributed by atoms with Crippen LogP contribution in [0.3, 0.4) is 0 Å². The van der Waals surface area contributed by atoms with Gasteiger partial charge in [0, 0.05) is 18.8 Å². The van der Waals surface area contributed by atoms with E-state index in [2.05, 4.69) is 41.5 Å². The zero-order valence-electron chi connectivity index (χ0n) is 17.2. The van der Waals surface area contributed by atoms with Crippen molar-refractivity contribution in [1.82, 2.24) is 9.78 Å². The summed E-state index contributed by atoms with van der Waals surface area (Å²) in [7, 11) is 1.54. The van der Waals surface area contributed by atoms with Crippen LogP contribution < -0.4 is 0 Å². The van der Waals surface area contributed by atoms with Crippen LogP contribution in [0.25, 0.3) is 10.6 Å². The average molecular weight is 417 g/mol. The van der Waals surface area contributed by atoms with E-state index >= 15 is 0 Å². The van der Waals surface area contributed by atoms with Gasteiger partial charge in [-0.05, 0) is 56.0 Å². The van der Waals surface area contributed by atoms with Crippen LogP contribution in [-0.4, -0.2) is 16.1 Å². The second kappa shape index (κ2) is 10.3. The van der Waals surface area contributed by atoms with Crippen LogP contribution in [0.15, 0.2) is 54.6 Å². The maximum Gasteiger partial charge on any atom is 0.286 e. The van der Waals surface area contributed by atoms with Crippen LogP contribution in [0, 0.1) is 6.92 Å². The van der Waals surface area contributed by atoms with E-state index in [-0.39, 0.29) is 5.69 Å². The number of aldehydes is 1. The maximum absolute atomic E-state index is 13.2. The van der Waals surface area contributed by atoms with Crippen molar-refractivity contribution in [1.29, 1.82) is 0 Å². The van der Waals surface area contributed by atoms with Gasteiger partial charge in [0.25, 0.3) is 5.92 Å². The summed E-state index contributed by atoms with van der Waals surface area (Å²) in [6, 6.07) is 13.9. The average Bonchev–Trinajstić information content (AvgIpc) is 3.28. The first-order chi connectivity index (χ1) is 13.8. The number of benzene rings is 1. The van der Waals surface area contributed by atoms with Crippen molar-refractivity contribution >= 4 is 17.6 Å². The number of nitrogens with zero attached hydrogens (tertiary/aromatic N) is 2. The van der Waals surface area contributed by atoms with Crippen LogP contribution in [0.2, 0.25) is 0 Å². The predicted octanol–water partition coefficient (Wildman–Crippen LogP) is 6.12. The summed E-state index contributed by atoms with van der Waals surface area (Å²) in [4.78, 5) is 10.9. The highest BCUT2D eigenvalue weighted by Crippen LogP contribution is 2.32. The van der Waals surface area contributed by atoms with Crippen molar-refractivity contribution in [2.24, 2.45) is 7.05 Å². The number of aryl methyl sites for hydroxylation is 2. The number of thiophene rings is 1. The van der Waals surface area contributed by atoms with E-state index in [1.165, 1.54) is 35.8 Å². The standard InChI is InChI=1S/C11H12F2N2S.C10H10.C2H4O/c1-7-4-5-9(16-7)8-6-10(11(2,12)13)15(3)14-8;1-2-6-10-8-4-3-7-9(10)5-1;1-2-3/h4-6H,1-3H3;1-6H,7-8H2;2H,1H3.